The third kappa shape index (κ3) is 2.78. The predicted molar refractivity (Wildman–Crippen MR) is 87.5 cm³/mol. The molecular weight excluding hydrogens is 284 g/mol. The summed E-state index contributed by atoms with van der Waals surface area (Å²) in [4.78, 5) is 12.0. The Morgan fingerprint density at radius 2 is 2.10 bits per heavy atom. The smallest absolute Gasteiger partial charge is 0.257 e. The molecule has 1 amide bonds. The Kier molecular flexibility index (Phi) is 3.67. The van der Waals surface area contributed by atoms with Crippen molar-refractivity contribution < 1.29 is 4.79 Å². The minimum Gasteiger partial charge on any atom is -0.361 e. The van der Waals surface area contributed by atoms with Gasteiger partial charge in [0.2, 0.25) is 0 Å². The quantitative estimate of drug-likeness (QED) is 0.829. The number of anilines is 2. The second-order valence-corrected chi connectivity index (χ2v) is 5.34. The van der Waals surface area contributed by atoms with Gasteiger partial charge in [-0.2, -0.15) is 0 Å². The number of halogens is 1. The molecule has 0 spiro atoms. The van der Waals surface area contributed by atoms with Gasteiger partial charge in [0.15, 0.2) is 0 Å². The fourth-order valence-electron chi connectivity index (χ4n) is 2.34. The van der Waals surface area contributed by atoms with Gasteiger partial charge in [-0.05, 0) is 42.3 Å². The number of hydrogen-bond donors (Lipinski definition) is 2. The summed E-state index contributed by atoms with van der Waals surface area (Å²) in [5, 5.41) is 6.63. The molecule has 3 nitrogen and oxygen atoms in total. The van der Waals surface area contributed by atoms with Crippen LogP contribution >= 0.6 is 11.6 Å². The van der Waals surface area contributed by atoms with E-state index in [1.807, 2.05) is 18.2 Å². The van der Waals surface area contributed by atoms with E-state index in [9.17, 15) is 4.79 Å². The average Bonchev–Trinajstić information content (AvgIpc) is 2.80. The minimum absolute atomic E-state index is 0.119. The number of rotatable bonds is 3. The summed E-state index contributed by atoms with van der Waals surface area (Å²) < 4.78 is 0. The molecule has 0 unspecified atom stereocenters. The third-order valence-corrected chi connectivity index (χ3v) is 3.72. The molecule has 1 aliphatic heterocycles. The number of nitrogens with one attached hydrogen (secondary N) is 2. The van der Waals surface area contributed by atoms with E-state index in [-0.39, 0.29) is 5.91 Å². The van der Waals surface area contributed by atoms with E-state index in [1.54, 1.807) is 18.3 Å². The Morgan fingerprint density at radius 3 is 2.90 bits per heavy atom. The number of aryl methyl sites for hydroxylation is 1. The van der Waals surface area contributed by atoms with Gasteiger partial charge in [0.1, 0.15) is 0 Å². The van der Waals surface area contributed by atoms with Crippen molar-refractivity contribution in [3.8, 4) is 0 Å². The number of carbonyl (C=O) groups is 1. The van der Waals surface area contributed by atoms with Crippen molar-refractivity contribution in [2.45, 2.75) is 13.3 Å². The molecule has 1 aliphatic rings. The van der Waals surface area contributed by atoms with Gasteiger partial charge < -0.3 is 10.6 Å². The first-order valence-corrected chi connectivity index (χ1v) is 7.22. The van der Waals surface area contributed by atoms with Crippen molar-refractivity contribution in [1.29, 1.82) is 0 Å². The van der Waals surface area contributed by atoms with Crippen molar-refractivity contribution >= 4 is 34.5 Å². The summed E-state index contributed by atoms with van der Waals surface area (Å²) in [6.45, 7) is 2.11. The summed E-state index contributed by atoms with van der Waals surface area (Å²) in [7, 11) is 0. The third-order valence-electron chi connectivity index (χ3n) is 3.48. The van der Waals surface area contributed by atoms with Crippen LogP contribution in [0.25, 0.3) is 5.57 Å². The average molecular weight is 299 g/mol. The van der Waals surface area contributed by atoms with Crippen molar-refractivity contribution in [2.24, 2.45) is 0 Å². The zero-order chi connectivity index (χ0) is 14.8. The maximum Gasteiger partial charge on any atom is 0.257 e. The number of hydrogen-bond acceptors (Lipinski definition) is 2. The molecule has 21 heavy (non-hydrogen) atoms. The van der Waals surface area contributed by atoms with Crippen LogP contribution in [0.4, 0.5) is 11.4 Å². The van der Waals surface area contributed by atoms with Crippen LogP contribution in [-0.4, -0.2) is 5.91 Å². The summed E-state index contributed by atoms with van der Waals surface area (Å²) in [6.07, 6.45) is 2.71. The van der Waals surface area contributed by atoms with E-state index in [2.05, 4.69) is 29.7 Å². The van der Waals surface area contributed by atoms with Gasteiger partial charge in [0, 0.05) is 28.2 Å². The molecule has 2 aromatic carbocycles. The number of benzene rings is 2. The van der Waals surface area contributed by atoms with Crippen LogP contribution in [0.1, 0.15) is 18.1 Å². The molecule has 0 aromatic heterocycles. The Balaban J connectivity index is 1.90. The van der Waals surface area contributed by atoms with E-state index >= 15 is 0 Å². The Labute approximate surface area is 128 Å². The van der Waals surface area contributed by atoms with E-state index in [0.717, 1.165) is 23.4 Å². The first-order valence-electron chi connectivity index (χ1n) is 6.84. The number of fused-ring (bicyclic) bond motifs is 1. The van der Waals surface area contributed by atoms with Gasteiger partial charge in [-0.25, -0.2) is 0 Å². The topological polar surface area (TPSA) is 41.1 Å². The van der Waals surface area contributed by atoms with Gasteiger partial charge >= 0.3 is 0 Å². The summed E-state index contributed by atoms with van der Waals surface area (Å²) in [5.41, 5.74) is 4.42. The molecule has 0 saturated carbocycles. The molecule has 0 radical (unpaired) electrons. The zero-order valence-corrected chi connectivity index (χ0v) is 12.4. The highest BCUT2D eigenvalue weighted by Gasteiger charge is 2.24. The lowest BCUT2D eigenvalue weighted by Gasteiger charge is -2.04. The summed E-state index contributed by atoms with van der Waals surface area (Å²) in [5.74, 6) is -0.119. The van der Waals surface area contributed by atoms with Crippen molar-refractivity contribution in [3.63, 3.8) is 0 Å². The second-order valence-electron chi connectivity index (χ2n) is 4.90. The summed E-state index contributed by atoms with van der Waals surface area (Å²) >= 11 is 6.01. The highest BCUT2D eigenvalue weighted by atomic mass is 35.5. The first kappa shape index (κ1) is 13.7. The molecule has 0 bridgehead atoms. The Hall–Kier alpha value is -2.26. The van der Waals surface area contributed by atoms with Crippen molar-refractivity contribution in [3.05, 3.63) is 64.8 Å². The van der Waals surface area contributed by atoms with Gasteiger partial charge in [0.25, 0.3) is 5.91 Å². The van der Waals surface area contributed by atoms with Crippen molar-refractivity contribution in [2.75, 3.05) is 10.6 Å². The van der Waals surface area contributed by atoms with Gasteiger partial charge in [0.05, 0.1) is 5.57 Å². The molecule has 2 N–H and O–H groups in total. The van der Waals surface area contributed by atoms with Crippen LogP contribution in [0.3, 0.4) is 0 Å². The largest absolute Gasteiger partial charge is 0.361 e. The second kappa shape index (κ2) is 5.62. The predicted octanol–water partition coefficient (Wildman–Crippen LogP) is 4.31. The molecule has 4 heteroatoms. The number of carbonyl (C=O) groups excluding carboxylic acids is 1. The van der Waals surface area contributed by atoms with Crippen LogP contribution in [-0.2, 0) is 11.2 Å². The maximum atomic E-state index is 12.0. The van der Waals surface area contributed by atoms with E-state index in [4.69, 9.17) is 11.6 Å². The van der Waals surface area contributed by atoms with Crippen molar-refractivity contribution in [1.82, 2.24) is 0 Å². The standard InChI is InChI=1S/C17H15ClN2O/c1-2-11-4-3-5-13(8-11)19-10-15-14-9-12(18)6-7-16(14)20-17(15)21/h3-10,19H,2H2,1H3,(H,20,21). The summed E-state index contributed by atoms with van der Waals surface area (Å²) in [6, 6.07) is 13.5. The molecule has 0 fully saturated rings. The molecular formula is C17H15ClN2O. The van der Waals surface area contributed by atoms with E-state index in [1.165, 1.54) is 5.56 Å². The molecule has 0 aliphatic carbocycles. The van der Waals surface area contributed by atoms with Crippen LogP contribution in [0.2, 0.25) is 5.02 Å². The van der Waals surface area contributed by atoms with Crippen LogP contribution < -0.4 is 10.6 Å². The van der Waals surface area contributed by atoms with Gasteiger partial charge in [-0.1, -0.05) is 30.7 Å². The molecule has 0 atom stereocenters. The molecule has 1 heterocycles. The lowest BCUT2D eigenvalue weighted by molar-refractivity contribution is -0.110. The lowest BCUT2D eigenvalue weighted by Crippen LogP contribution is -2.05. The normalized spacial score (nSPS) is 15.0. The fraction of sp³-hybridized carbons (Fsp3) is 0.118. The Morgan fingerprint density at radius 1 is 1.24 bits per heavy atom. The van der Waals surface area contributed by atoms with E-state index < -0.39 is 0 Å². The molecule has 106 valence electrons. The lowest BCUT2D eigenvalue weighted by atomic mass is 10.1. The van der Waals surface area contributed by atoms with Crippen LogP contribution in [0, 0.1) is 0 Å². The number of amides is 1. The highest BCUT2D eigenvalue weighted by Crippen LogP contribution is 2.33. The SMILES string of the molecule is CCc1cccc(NC=C2C(=O)Nc3ccc(Cl)cc32)c1. The van der Waals surface area contributed by atoms with Crippen LogP contribution in [0.15, 0.2) is 48.7 Å². The molecule has 0 saturated heterocycles. The highest BCUT2D eigenvalue weighted by molar-refractivity contribution is 6.34. The molecule has 2 aromatic rings. The maximum absolute atomic E-state index is 12.0. The van der Waals surface area contributed by atoms with E-state index in [0.29, 0.717) is 10.6 Å². The zero-order valence-electron chi connectivity index (χ0n) is 11.6. The Bertz CT molecular complexity index is 737. The minimum atomic E-state index is -0.119. The van der Waals surface area contributed by atoms with Gasteiger partial charge in [-0.15, -0.1) is 0 Å². The van der Waals surface area contributed by atoms with Crippen LogP contribution in [0.5, 0.6) is 0 Å². The first-order chi connectivity index (χ1) is 10.2. The molecule has 3 rings (SSSR count). The fourth-order valence-corrected chi connectivity index (χ4v) is 2.51. The van der Waals surface area contributed by atoms with Gasteiger partial charge in [-0.3, -0.25) is 4.79 Å². The monoisotopic (exact) mass is 298 g/mol.